The van der Waals surface area contributed by atoms with Gasteiger partial charge < -0.3 is 4.74 Å². The van der Waals surface area contributed by atoms with E-state index in [4.69, 9.17) is 10.1 Å². The highest BCUT2D eigenvalue weighted by Crippen LogP contribution is 2.48. The van der Waals surface area contributed by atoms with Gasteiger partial charge in [0.05, 0.1) is 12.8 Å². The number of methoxy groups -OCH3 is 1. The third-order valence-electron chi connectivity index (χ3n) is 6.04. The number of nitrogens with zero attached hydrogens (tertiary/aromatic N) is 1. The normalized spacial score (nSPS) is 13.2. The Kier molecular flexibility index (Phi) is 4.83. The second-order valence-electron chi connectivity index (χ2n) is 7.71. The molecule has 0 aromatic heterocycles. The monoisotopic (exact) mass is 418 g/mol. The van der Waals surface area contributed by atoms with Crippen LogP contribution in [0, 0.1) is 5.41 Å². The van der Waals surface area contributed by atoms with Crippen LogP contribution >= 0.6 is 0 Å². The lowest BCUT2D eigenvalue weighted by Crippen LogP contribution is -2.51. The molecule has 0 aliphatic carbocycles. The Labute approximate surface area is 187 Å². The number of carbonyl (C=O) groups is 1. The molecule has 1 amide bonds. The number of hydrogen-bond donors (Lipinski definition) is 1. The van der Waals surface area contributed by atoms with E-state index in [1.165, 1.54) is 0 Å². The number of hydrogen-bond acceptors (Lipinski definition) is 3. The number of nitrogens with one attached hydrogen (secondary N) is 1. The van der Waals surface area contributed by atoms with Crippen LogP contribution in [0.15, 0.2) is 109 Å². The molecule has 0 saturated carbocycles. The van der Waals surface area contributed by atoms with Gasteiger partial charge in [0, 0.05) is 11.6 Å². The van der Waals surface area contributed by atoms with Crippen molar-refractivity contribution in [1.82, 2.24) is 0 Å². The summed E-state index contributed by atoms with van der Waals surface area (Å²) in [5, 5.41) is 8.63. The number of carbonyl (C=O) groups excluding carboxylic acids is 1. The van der Waals surface area contributed by atoms with Crippen LogP contribution in [0.2, 0.25) is 0 Å². The van der Waals surface area contributed by atoms with Gasteiger partial charge in [-0.05, 0) is 28.8 Å². The van der Waals surface area contributed by atoms with E-state index in [2.05, 4.69) is 0 Å². The molecule has 0 radical (unpaired) electrons. The maximum Gasteiger partial charge on any atom is 0.278 e. The average Bonchev–Trinajstić information content (AvgIpc) is 3.11. The van der Waals surface area contributed by atoms with Gasteiger partial charge in [0.25, 0.3) is 5.91 Å². The quantitative estimate of drug-likeness (QED) is 0.441. The number of fused-ring (bicyclic) bond motifs is 1. The zero-order chi connectivity index (χ0) is 22.1. The third-order valence-corrected chi connectivity index (χ3v) is 6.04. The zero-order valence-corrected chi connectivity index (χ0v) is 17.7. The summed E-state index contributed by atoms with van der Waals surface area (Å²) in [6.07, 6.45) is 0. The summed E-state index contributed by atoms with van der Waals surface area (Å²) in [4.78, 5) is 15.5. The molecule has 0 atom stereocenters. The molecular formula is C28H22N2O2. The predicted molar refractivity (Wildman–Crippen MR) is 127 cm³/mol. The maximum atomic E-state index is 13.8. The molecule has 0 saturated heterocycles. The summed E-state index contributed by atoms with van der Waals surface area (Å²) in [5.41, 5.74) is 3.09. The molecule has 5 rings (SSSR count). The van der Waals surface area contributed by atoms with Crippen LogP contribution in [-0.4, -0.2) is 18.7 Å². The highest BCUT2D eigenvalue weighted by Gasteiger charge is 2.50. The number of ether oxygens (including phenoxy) is 1. The van der Waals surface area contributed by atoms with Crippen molar-refractivity contribution in [3.05, 3.63) is 131 Å². The van der Waals surface area contributed by atoms with Crippen molar-refractivity contribution in [3.63, 3.8) is 0 Å². The molecule has 1 N–H and O–H groups in total. The van der Waals surface area contributed by atoms with E-state index in [0.717, 1.165) is 16.7 Å². The van der Waals surface area contributed by atoms with Crippen molar-refractivity contribution < 1.29 is 9.53 Å². The van der Waals surface area contributed by atoms with Gasteiger partial charge in [0.2, 0.25) is 0 Å². The topological polar surface area (TPSA) is 53.4 Å². The second kappa shape index (κ2) is 7.82. The van der Waals surface area contributed by atoms with Crippen LogP contribution in [-0.2, 0) is 10.3 Å². The Morgan fingerprint density at radius 3 is 1.62 bits per heavy atom. The van der Waals surface area contributed by atoms with Crippen LogP contribution in [0.4, 0.5) is 5.69 Å². The highest BCUT2D eigenvalue weighted by atomic mass is 16.5. The lowest BCUT2D eigenvalue weighted by Gasteiger charge is -2.43. The molecule has 1 aliphatic heterocycles. The minimum atomic E-state index is -0.967. The van der Waals surface area contributed by atoms with Crippen LogP contribution < -0.4 is 9.64 Å². The highest BCUT2D eigenvalue weighted by molar-refractivity contribution is 6.53. The third kappa shape index (κ3) is 2.84. The molecule has 4 nitrogen and oxygen atoms in total. The Balaban J connectivity index is 1.92. The molecule has 4 heteroatoms. The molecule has 4 aromatic carbocycles. The fraction of sp³-hybridized carbons (Fsp3) is 0.0714. The number of amides is 1. The van der Waals surface area contributed by atoms with Gasteiger partial charge in [-0.3, -0.25) is 15.1 Å². The smallest absolute Gasteiger partial charge is 0.278 e. The second-order valence-corrected chi connectivity index (χ2v) is 7.71. The van der Waals surface area contributed by atoms with Crippen LogP contribution in [0.3, 0.4) is 0 Å². The van der Waals surface area contributed by atoms with E-state index in [0.29, 0.717) is 17.0 Å². The van der Waals surface area contributed by atoms with E-state index in [-0.39, 0.29) is 11.6 Å². The maximum absolute atomic E-state index is 13.8. The lowest BCUT2D eigenvalue weighted by molar-refractivity contribution is -0.113. The first-order valence-electron chi connectivity index (χ1n) is 10.5. The molecule has 32 heavy (non-hydrogen) atoms. The Hall–Kier alpha value is -4.18. The summed E-state index contributed by atoms with van der Waals surface area (Å²) in [5.74, 6) is 0.296. The summed E-state index contributed by atoms with van der Waals surface area (Å²) >= 11 is 0. The molecule has 1 aliphatic rings. The van der Waals surface area contributed by atoms with Crippen molar-refractivity contribution in [2.24, 2.45) is 0 Å². The van der Waals surface area contributed by atoms with Crippen LogP contribution in [0.5, 0.6) is 5.75 Å². The Bertz CT molecular complexity index is 1190. The summed E-state index contributed by atoms with van der Waals surface area (Å²) < 4.78 is 5.48. The molecule has 0 bridgehead atoms. The molecule has 1 heterocycles. The largest absolute Gasteiger partial charge is 0.497 e. The van der Waals surface area contributed by atoms with Gasteiger partial charge in [-0.2, -0.15) is 0 Å². The predicted octanol–water partition coefficient (Wildman–Crippen LogP) is 5.40. The minimum absolute atomic E-state index is 0.0187. The molecule has 156 valence electrons. The molecule has 0 unspecified atom stereocenters. The van der Waals surface area contributed by atoms with Crippen molar-refractivity contribution >= 4 is 17.3 Å². The fourth-order valence-electron chi connectivity index (χ4n) is 4.63. The van der Waals surface area contributed by atoms with Crippen LogP contribution in [0.25, 0.3) is 0 Å². The minimum Gasteiger partial charge on any atom is -0.497 e. The number of rotatable bonds is 5. The lowest BCUT2D eigenvalue weighted by atomic mass is 9.75. The van der Waals surface area contributed by atoms with Crippen LogP contribution in [0.1, 0.15) is 22.3 Å². The van der Waals surface area contributed by atoms with Crippen molar-refractivity contribution in [1.29, 1.82) is 5.41 Å². The first-order chi connectivity index (χ1) is 15.7. The van der Waals surface area contributed by atoms with E-state index < -0.39 is 5.54 Å². The van der Waals surface area contributed by atoms with E-state index in [9.17, 15) is 4.79 Å². The van der Waals surface area contributed by atoms with E-state index in [1.807, 2.05) is 97.1 Å². The van der Waals surface area contributed by atoms with Gasteiger partial charge in [0.15, 0.2) is 0 Å². The average molecular weight is 418 g/mol. The Morgan fingerprint density at radius 1 is 0.719 bits per heavy atom. The Morgan fingerprint density at radius 2 is 1.19 bits per heavy atom. The first kappa shape index (κ1) is 19.8. The summed E-state index contributed by atoms with van der Waals surface area (Å²) in [6, 6.07) is 35.4. The summed E-state index contributed by atoms with van der Waals surface area (Å²) in [6.45, 7) is 0. The van der Waals surface area contributed by atoms with Crippen molar-refractivity contribution in [2.45, 2.75) is 5.54 Å². The van der Waals surface area contributed by atoms with Gasteiger partial charge in [0.1, 0.15) is 17.0 Å². The molecule has 4 aromatic rings. The van der Waals surface area contributed by atoms with Crippen molar-refractivity contribution in [2.75, 3.05) is 12.0 Å². The first-order valence-corrected chi connectivity index (χ1v) is 10.5. The number of anilines is 1. The number of benzene rings is 4. The van der Waals surface area contributed by atoms with Gasteiger partial charge in [-0.15, -0.1) is 0 Å². The molecule has 0 fully saturated rings. The van der Waals surface area contributed by atoms with Crippen molar-refractivity contribution in [3.8, 4) is 5.75 Å². The zero-order valence-electron chi connectivity index (χ0n) is 17.7. The standard InChI is InChI=1S/C28H22N2O2/c1-32-23-17-18-24-25(19-23)30(27(31)26(24)29)28(20-11-5-2-6-12-20,21-13-7-3-8-14-21)22-15-9-4-10-16-22/h2-19,29H,1H3. The SMILES string of the molecule is COc1ccc2c(c1)N(C(c1ccccc1)(c1ccccc1)c1ccccc1)C(=O)C2=N. The van der Waals surface area contributed by atoms with Gasteiger partial charge in [-0.1, -0.05) is 91.0 Å². The van der Waals surface area contributed by atoms with Gasteiger partial charge >= 0.3 is 0 Å². The molecule has 0 spiro atoms. The van der Waals surface area contributed by atoms with E-state index >= 15 is 0 Å². The van der Waals surface area contributed by atoms with E-state index in [1.54, 1.807) is 24.1 Å². The fourth-order valence-corrected chi connectivity index (χ4v) is 4.63. The van der Waals surface area contributed by atoms with Gasteiger partial charge in [-0.25, -0.2) is 0 Å². The molecular weight excluding hydrogens is 396 g/mol. The summed E-state index contributed by atoms with van der Waals surface area (Å²) in [7, 11) is 1.60.